The average molecular weight is 498 g/mol. The summed E-state index contributed by atoms with van der Waals surface area (Å²) in [5.74, 6) is -0.210. The number of rotatable bonds is 7. The van der Waals surface area contributed by atoms with Crippen molar-refractivity contribution in [1.82, 2.24) is 25.0 Å². The molecule has 5 rings (SSSR count). The maximum absolute atomic E-state index is 13.5. The van der Waals surface area contributed by atoms with E-state index in [0.29, 0.717) is 31.7 Å². The Morgan fingerprint density at radius 2 is 1.76 bits per heavy atom. The van der Waals surface area contributed by atoms with Crippen molar-refractivity contribution in [2.24, 2.45) is 5.73 Å². The highest BCUT2D eigenvalue weighted by molar-refractivity contribution is 6.06. The summed E-state index contributed by atoms with van der Waals surface area (Å²) in [6.45, 7) is 4.22. The number of amides is 3. The number of nitrogens with one attached hydrogen (secondary N) is 2. The number of urea groups is 1. The molecular formula is C28H31N7O2. The highest BCUT2D eigenvalue weighted by Crippen LogP contribution is 2.29. The lowest BCUT2D eigenvalue weighted by molar-refractivity contribution is 0.0951. The Balaban J connectivity index is 1.40. The van der Waals surface area contributed by atoms with Crippen LogP contribution in [0.3, 0.4) is 0 Å². The van der Waals surface area contributed by atoms with E-state index in [1.807, 2.05) is 48.0 Å². The van der Waals surface area contributed by atoms with E-state index >= 15 is 0 Å². The van der Waals surface area contributed by atoms with Gasteiger partial charge < -0.3 is 21.3 Å². The Morgan fingerprint density at radius 1 is 1.03 bits per heavy atom. The van der Waals surface area contributed by atoms with Crippen LogP contribution >= 0.6 is 0 Å². The molecule has 0 bridgehead atoms. The van der Waals surface area contributed by atoms with Gasteiger partial charge in [-0.25, -0.2) is 14.5 Å². The number of likely N-dealkylation sites (tertiary alicyclic amines) is 1. The van der Waals surface area contributed by atoms with Gasteiger partial charge >= 0.3 is 6.03 Å². The number of pyridine rings is 1. The van der Waals surface area contributed by atoms with E-state index in [9.17, 15) is 9.59 Å². The lowest BCUT2D eigenvalue weighted by atomic mass is 9.99. The molecular weight excluding hydrogens is 466 g/mol. The minimum absolute atomic E-state index is 0.0940. The van der Waals surface area contributed by atoms with Crippen molar-refractivity contribution in [1.29, 1.82) is 0 Å². The fourth-order valence-electron chi connectivity index (χ4n) is 4.88. The fourth-order valence-corrected chi connectivity index (χ4v) is 4.88. The minimum atomic E-state index is -0.398. The van der Waals surface area contributed by atoms with Gasteiger partial charge in [0.2, 0.25) is 0 Å². The minimum Gasteiger partial charge on any atom is -0.381 e. The molecule has 0 unspecified atom stereocenters. The first kappa shape index (κ1) is 24.3. The first-order valence-electron chi connectivity index (χ1n) is 12.6. The Bertz CT molecular complexity index is 1410. The SMILES string of the molecule is CCn1ncc2c(NC3CCN(C(N)=O)CC3)c(C(=O)NCc3ccccc3-c3ccccc3)cnc21. The number of nitrogens with two attached hydrogens (primary N) is 1. The van der Waals surface area contributed by atoms with Crippen molar-refractivity contribution >= 4 is 28.7 Å². The van der Waals surface area contributed by atoms with E-state index in [1.165, 1.54) is 0 Å². The summed E-state index contributed by atoms with van der Waals surface area (Å²) < 4.78 is 1.81. The number of piperidine rings is 1. The molecule has 0 saturated carbocycles. The topological polar surface area (TPSA) is 118 Å². The summed E-state index contributed by atoms with van der Waals surface area (Å²) >= 11 is 0. The van der Waals surface area contributed by atoms with Crippen LogP contribution < -0.4 is 16.4 Å². The molecule has 1 aliphatic heterocycles. The second-order valence-electron chi connectivity index (χ2n) is 9.19. The largest absolute Gasteiger partial charge is 0.381 e. The van der Waals surface area contributed by atoms with Crippen LogP contribution in [0, 0.1) is 0 Å². The molecule has 2 aromatic carbocycles. The number of hydrogen-bond acceptors (Lipinski definition) is 5. The first-order valence-corrected chi connectivity index (χ1v) is 12.6. The number of primary amides is 1. The predicted molar refractivity (Wildman–Crippen MR) is 144 cm³/mol. The third kappa shape index (κ3) is 5.11. The number of carbonyl (C=O) groups excluding carboxylic acids is 2. The summed E-state index contributed by atoms with van der Waals surface area (Å²) in [5, 5.41) is 11.9. The van der Waals surface area contributed by atoms with Crippen LogP contribution in [-0.2, 0) is 13.1 Å². The molecule has 9 heteroatoms. The van der Waals surface area contributed by atoms with Gasteiger partial charge in [-0.3, -0.25) is 4.79 Å². The molecule has 190 valence electrons. The Labute approximate surface area is 215 Å². The van der Waals surface area contributed by atoms with Gasteiger partial charge in [0.05, 0.1) is 22.8 Å². The Morgan fingerprint density at radius 3 is 2.49 bits per heavy atom. The number of aryl methyl sites for hydroxylation is 1. The summed E-state index contributed by atoms with van der Waals surface area (Å²) in [4.78, 5) is 31.3. The standard InChI is InChI=1S/C28H31N7O2/c1-2-35-26-23(18-32-35)25(33-21-12-14-34(15-13-21)28(29)37)24(17-30-26)27(36)31-16-20-10-6-7-11-22(20)19-8-4-3-5-9-19/h3-11,17-18,21H,2,12-16H2,1H3,(H2,29,37)(H,30,33)(H,31,36). The molecule has 4 aromatic rings. The van der Waals surface area contributed by atoms with Crippen LogP contribution in [0.2, 0.25) is 0 Å². The van der Waals surface area contributed by atoms with Crippen LogP contribution in [0.15, 0.2) is 67.0 Å². The number of anilines is 1. The average Bonchev–Trinajstić information content (AvgIpc) is 3.36. The van der Waals surface area contributed by atoms with Gasteiger partial charge in [-0.05, 0) is 36.5 Å². The van der Waals surface area contributed by atoms with Gasteiger partial charge in [0.15, 0.2) is 5.65 Å². The van der Waals surface area contributed by atoms with Crippen molar-refractivity contribution in [3.05, 3.63) is 78.1 Å². The predicted octanol–water partition coefficient (Wildman–Crippen LogP) is 4.00. The van der Waals surface area contributed by atoms with Gasteiger partial charge in [0.1, 0.15) is 0 Å². The quantitative estimate of drug-likeness (QED) is 0.357. The zero-order valence-electron chi connectivity index (χ0n) is 20.9. The van der Waals surface area contributed by atoms with Gasteiger partial charge in [0.25, 0.3) is 5.91 Å². The summed E-state index contributed by atoms with van der Waals surface area (Å²) in [6, 6.07) is 17.9. The van der Waals surface area contributed by atoms with Crippen LogP contribution in [0.1, 0.15) is 35.7 Å². The molecule has 3 heterocycles. The molecule has 1 fully saturated rings. The van der Waals surface area contributed by atoms with Crippen LogP contribution in [0.4, 0.5) is 10.5 Å². The monoisotopic (exact) mass is 497 g/mol. The van der Waals surface area contributed by atoms with E-state index < -0.39 is 6.03 Å². The number of aromatic nitrogens is 3. The van der Waals surface area contributed by atoms with Crippen molar-refractivity contribution in [2.75, 3.05) is 18.4 Å². The number of benzene rings is 2. The van der Waals surface area contributed by atoms with Crippen LogP contribution in [0.25, 0.3) is 22.2 Å². The van der Waals surface area contributed by atoms with Crippen molar-refractivity contribution < 1.29 is 9.59 Å². The Hall–Kier alpha value is -4.40. The lowest BCUT2D eigenvalue weighted by Gasteiger charge is -2.32. The molecule has 4 N–H and O–H groups in total. The van der Waals surface area contributed by atoms with Gasteiger partial charge in [-0.1, -0.05) is 54.6 Å². The van der Waals surface area contributed by atoms with E-state index in [0.717, 1.165) is 46.3 Å². The maximum atomic E-state index is 13.5. The Kier molecular flexibility index (Phi) is 7.02. The van der Waals surface area contributed by atoms with Crippen LogP contribution in [-0.4, -0.2) is 50.7 Å². The van der Waals surface area contributed by atoms with E-state index in [2.05, 4.69) is 38.9 Å². The maximum Gasteiger partial charge on any atom is 0.314 e. The molecule has 9 nitrogen and oxygen atoms in total. The van der Waals surface area contributed by atoms with Gasteiger partial charge in [0, 0.05) is 38.4 Å². The number of carbonyl (C=O) groups is 2. The van der Waals surface area contributed by atoms with Crippen molar-refractivity contribution in [3.8, 4) is 11.1 Å². The molecule has 0 spiro atoms. The summed E-state index contributed by atoms with van der Waals surface area (Å²) in [5.41, 5.74) is 10.6. The second kappa shape index (κ2) is 10.7. The zero-order chi connectivity index (χ0) is 25.8. The second-order valence-corrected chi connectivity index (χ2v) is 9.19. The lowest BCUT2D eigenvalue weighted by Crippen LogP contribution is -2.44. The third-order valence-electron chi connectivity index (χ3n) is 6.91. The fraction of sp³-hybridized carbons (Fsp3) is 0.286. The van der Waals surface area contributed by atoms with Gasteiger partial charge in [-0.2, -0.15) is 5.10 Å². The molecule has 2 aromatic heterocycles. The number of hydrogen-bond donors (Lipinski definition) is 3. The summed E-state index contributed by atoms with van der Waals surface area (Å²) in [7, 11) is 0. The molecule has 37 heavy (non-hydrogen) atoms. The van der Waals surface area contributed by atoms with E-state index in [1.54, 1.807) is 17.3 Å². The van der Waals surface area contributed by atoms with E-state index in [4.69, 9.17) is 5.73 Å². The van der Waals surface area contributed by atoms with Crippen LogP contribution in [0.5, 0.6) is 0 Å². The third-order valence-corrected chi connectivity index (χ3v) is 6.91. The first-order chi connectivity index (χ1) is 18.0. The molecule has 0 radical (unpaired) electrons. The molecule has 0 atom stereocenters. The molecule has 1 saturated heterocycles. The molecule has 0 aliphatic carbocycles. The normalized spacial score (nSPS) is 14.0. The van der Waals surface area contributed by atoms with Gasteiger partial charge in [-0.15, -0.1) is 0 Å². The van der Waals surface area contributed by atoms with Crippen molar-refractivity contribution in [2.45, 2.75) is 38.9 Å². The highest BCUT2D eigenvalue weighted by atomic mass is 16.2. The molecule has 1 aliphatic rings. The van der Waals surface area contributed by atoms with Crippen molar-refractivity contribution in [3.63, 3.8) is 0 Å². The summed E-state index contributed by atoms with van der Waals surface area (Å²) in [6.07, 6.45) is 4.85. The smallest absolute Gasteiger partial charge is 0.314 e. The van der Waals surface area contributed by atoms with E-state index in [-0.39, 0.29) is 11.9 Å². The zero-order valence-corrected chi connectivity index (χ0v) is 20.9. The number of fused-ring (bicyclic) bond motifs is 1. The number of nitrogens with zero attached hydrogens (tertiary/aromatic N) is 4. The molecule has 3 amide bonds. The highest BCUT2D eigenvalue weighted by Gasteiger charge is 2.25.